The van der Waals surface area contributed by atoms with E-state index >= 15 is 0 Å². The van der Waals surface area contributed by atoms with Crippen molar-refractivity contribution >= 4 is 37.5 Å². The van der Waals surface area contributed by atoms with Gasteiger partial charge in [-0.2, -0.15) is 9.30 Å². The first-order valence-corrected chi connectivity index (χ1v) is 13.8. The smallest absolute Gasteiger partial charge is 0.279 e. The highest BCUT2D eigenvalue weighted by Gasteiger charge is 2.32. The zero-order valence-corrected chi connectivity index (χ0v) is 21.8. The minimum absolute atomic E-state index is 0.164. The maximum Gasteiger partial charge on any atom is 0.279 e. The summed E-state index contributed by atoms with van der Waals surface area (Å²) in [6.45, 7) is 11.4. The summed E-state index contributed by atoms with van der Waals surface area (Å²) in [6.07, 6.45) is -0.331. The average molecular weight is 502 g/mol. The Morgan fingerprint density at radius 2 is 1.76 bits per heavy atom. The van der Waals surface area contributed by atoms with Crippen molar-refractivity contribution in [1.29, 1.82) is 0 Å². The minimum atomic E-state index is -3.66. The number of hydrogen-bond donors (Lipinski definition) is 0. The molecule has 182 valence electrons. The molecule has 1 fully saturated rings. The van der Waals surface area contributed by atoms with Gasteiger partial charge in [-0.15, -0.1) is 0 Å². The van der Waals surface area contributed by atoms with Gasteiger partial charge in [0.2, 0.25) is 10.0 Å². The van der Waals surface area contributed by atoms with Crippen LogP contribution in [-0.4, -0.2) is 48.5 Å². The van der Waals surface area contributed by atoms with Crippen molar-refractivity contribution in [3.8, 4) is 0 Å². The molecule has 7 nitrogen and oxygen atoms in total. The number of benzene rings is 2. The molecule has 3 aromatic rings. The second kappa shape index (κ2) is 9.73. The van der Waals surface area contributed by atoms with Gasteiger partial charge in [0.25, 0.3) is 5.91 Å². The summed E-state index contributed by atoms with van der Waals surface area (Å²) in [7, 11) is -3.66. The molecule has 2 unspecified atom stereocenters. The molecule has 0 N–H and O–H groups in total. The normalized spacial score (nSPS) is 20.4. The van der Waals surface area contributed by atoms with Gasteiger partial charge in [-0.3, -0.25) is 4.79 Å². The number of hydrogen-bond acceptors (Lipinski definition) is 5. The first-order valence-electron chi connectivity index (χ1n) is 11.6. The number of morpholine rings is 1. The van der Waals surface area contributed by atoms with E-state index in [4.69, 9.17) is 4.74 Å². The van der Waals surface area contributed by atoms with E-state index in [-0.39, 0.29) is 17.1 Å². The van der Waals surface area contributed by atoms with Gasteiger partial charge in [0.15, 0.2) is 4.80 Å². The van der Waals surface area contributed by atoms with Crippen LogP contribution in [0, 0.1) is 0 Å². The fourth-order valence-electron chi connectivity index (χ4n) is 4.24. The number of aryl methyl sites for hydroxylation is 1. The molecule has 0 aliphatic carbocycles. The number of ether oxygens (including phenoxy) is 1. The van der Waals surface area contributed by atoms with Crippen LogP contribution in [0.5, 0.6) is 0 Å². The summed E-state index contributed by atoms with van der Waals surface area (Å²) in [5.41, 5.74) is 2.65. The Bertz CT molecular complexity index is 1360. The van der Waals surface area contributed by atoms with Gasteiger partial charge in [-0.1, -0.05) is 31.3 Å². The molecule has 0 saturated carbocycles. The molecular formula is C25H31N3O4S2. The fraction of sp³-hybridized carbons (Fsp3) is 0.440. The monoisotopic (exact) mass is 501 g/mol. The minimum Gasteiger partial charge on any atom is -0.373 e. The van der Waals surface area contributed by atoms with Gasteiger partial charge in [-0.25, -0.2) is 8.42 Å². The van der Waals surface area contributed by atoms with Crippen molar-refractivity contribution in [3.63, 3.8) is 0 Å². The van der Waals surface area contributed by atoms with Gasteiger partial charge < -0.3 is 9.30 Å². The molecule has 1 aliphatic heterocycles. The van der Waals surface area contributed by atoms with E-state index in [2.05, 4.69) is 37.0 Å². The third-order valence-corrected chi connectivity index (χ3v) is 8.90. The van der Waals surface area contributed by atoms with Crippen LogP contribution in [0.3, 0.4) is 0 Å². The van der Waals surface area contributed by atoms with Crippen LogP contribution in [-0.2, 0) is 21.3 Å². The molecule has 0 spiro atoms. The molecule has 2 heterocycles. The Labute approximate surface area is 204 Å². The van der Waals surface area contributed by atoms with Gasteiger partial charge in [0.1, 0.15) is 0 Å². The zero-order valence-electron chi connectivity index (χ0n) is 20.2. The van der Waals surface area contributed by atoms with Crippen LogP contribution in [0.15, 0.2) is 52.4 Å². The second-order valence-corrected chi connectivity index (χ2v) is 12.0. The van der Waals surface area contributed by atoms with E-state index in [1.54, 1.807) is 0 Å². The SMILES string of the molecule is CCn1c(=NC(=O)c2ccc(S(=O)(=O)N3CC(C)OC(C)C3)cc2)sc2cc(C(C)C)ccc21. The van der Waals surface area contributed by atoms with Gasteiger partial charge in [0.05, 0.1) is 27.3 Å². The highest BCUT2D eigenvalue weighted by molar-refractivity contribution is 7.89. The zero-order chi connectivity index (χ0) is 24.6. The number of aromatic nitrogens is 1. The number of sulfonamides is 1. The number of carbonyl (C=O) groups excluding carboxylic acids is 1. The van der Waals surface area contributed by atoms with Crippen molar-refractivity contribution < 1.29 is 17.9 Å². The second-order valence-electron chi connectivity index (χ2n) is 9.03. The number of thiazole rings is 1. The number of amides is 1. The van der Waals surface area contributed by atoms with Crippen LogP contribution in [0.1, 0.15) is 56.5 Å². The molecule has 1 saturated heterocycles. The maximum atomic E-state index is 13.1. The van der Waals surface area contributed by atoms with Gasteiger partial charge in [-0.05, 0) is 68.7 Å². The third-order valence-electron chi connectivity index (χ3n) is 6.01. The molecule has 9 heteroatoms. The number of rotatable bonds is 5. The van der Waals surface area contributed by atoms with Crippen LogP contribution >= 0.6 is 11.3 Å². The van der Waals surface area contributed by atoms with Gasteiger partial charge in [0, 0.05) is 25.2 Å². The maximum absolute atomic E-state index is 13.1. The lowest BCUT2D eigenvalue weighted by Crippen LogP contribution is -2.48. The molecule has 1 aromatic heterocycles. The highest BCUT2D eigenvalue weighted by Crippen LogP contribution is 2.24. The number of nitrogens with zero attached hydrogens (tertiary/aromatic N) is 3. The molecule has 34 heavy (non-hydrogen) atoms. The number of fused-ring (bicyclic) bond motifs is 1. The lowest BCUT2D eigenvalue weighted by atomic mass is 10.0. The van der Waals surface area contributed by atoms with Crippen molar-refractivity contribution in [2.75, 3.05) is 13.1 Å². The molecule has 2 aromatic carbocycles. The molecular weight excluding hydrogens is 470 g/mol. The summed E-state index contributed by atoms with van der Waals surface area (Å²) in [5.74, 6) is 0.0256. The lowest BCUT2D eigenvalue weighted by Gasteiger charge is -2.34. The lowest BCUT2D eigenvalue weighted by molar-refractivity contribution is -0.0440. The summed E-state index contributed by atoms with van der Waals surface area (Å²) in [4.78, 5) is 18.1. The first-order chi connectivity index (χ1) is 16.1. The molecule has 1 aliphatic rings. The van der Waals surface area contributed by atoms with Gasteiger partial charge >= 0.3 is 0 Å². The highest BCUT2D eigenvalue weighted by atomic mass is 32.2. The number of carbonyl (C=O) groups is 1. The fourth-order valence-corrected chi connectivity index (χ4v) is 6.97. The summed E-state index contributed by atoms with van der Waals surface area (Å²) in [5, 5.41) is 0. The third kappa shape index (κ3) is 4.88. The molecule has 4 rings (SSSR count). The Kier molecular flexibility index (Phi) is 7.09. The first kappa shape index (κ1) is 24.8. The quantitative estimate of drug-likeness (QED) is 0.519. The van der Waals surface area contributed by atoms with Crippen LogP contribution in [0.25, 0.3) is 10.2 Å². The van der Waals surface area contributed by atoms with E-state index in [1.807, 2.05) is 25.3 Å². The Morgan fingerprint density at radius 3 is 2.35 bits per heavy atom. The Morgan fingerprint density at radius 1 is 1.12 bits per heavy atom. The summed E-state index contributed by atoms with van der Waals surface area (Å²) in [6, 6.07) is 12.4. The Balaban J connectivity index is 1.62. The van der Waals surface area contributed by atoms with Crippen molar-refractivity contribution in [2.45, 2.75) is 64.2 Å². The van der Waals surface area contributed by atoms with E-state index < -0.39 is 15.9 Å². The van der Waals surface area contributed by atoms with E-state index in [1.165, 1.54) is 45.5 Å². The van der Waals surface area contributed by atoms with E-state index in [0.29, 0.717) is 35.9 Å². The Hall–Kier alpha value is -2.33. The molecule has 1 amide bonds. The summed E-state index contributed by atoms with van der Waals surface area (Å²) < 4.78 is 36.4. The van der Waals surface area contributed by atoms with Crippen LogP contribution in [0.4, 0.5) is 0 Å². The topological polar surface area (TPSA) is 81.0 Å². The average Bonchev–Trinajstić information content (AvgIpc) is 3.14. The van der Waals surface area contributed by atoms with Crippen molar-refractivity contribution in [1.82, 2.24) is 8.87 Å². The molecule has 2 atom stereocenters. The molecule has 0 bridgehead atoms. The van der Waals surface area contributed by atoms with Crippen LogP contribution < -0.4 is 4.80 Å². The predicted molar refractivity (Wildman–Crippen MR) is 135 cm³/mol. The van der Waals surface area contributed by atoms with Crippen LogP contribution in [0.2, 0.25) is 0 Å². The standard InChI is InChI=1S/C25H31N3O4S2/c1-6-28-22-12-9-20(16(2)3)13-23(22)33-25(28)26-24(29)19-7-10-21(11-8-19)34(30,31)27-14-17(4)32-18(5)15-27/h7-13,16-18H,6,14-15H2,1-5H3. The van der Waals surface area contributed by atoms with Crippen molar-refractivity contribution in [2.24, 2.45) is 4.99 Å². The van der Waals surface area contributed by atoms with E-state index in [9.17, 15) is 13.2 Å². The summed E-state index contributed by atoms with van der Waals surface area (Å²) >= 11 is 1.49. The molecule has 0 radical (unpaired) electrons. The largest absolute Gasteiger partial charge is 0.373 e. The van der Waals surface area contributed by atoms with Crippen molar-refractivity contribution in [3.05, 3.63) is 58.4 Å². The predicted octanol–water partition coefficient (Wildman–Crippen LogP) is 4.39. The van der Waals surface area contributed by atoms with E-state index in [0.717, 1.165) is 10.2 Å².